The van der Waals surface area contributed by atoms with Gasteiger partial charge in [0.1, 0.15) is 16.8 Å². The van der Waals surface area contributed by atoms with Gasteiger partial charge in [-0.15, -0.1) is 0 Å². The molecular weight excluding hydrogens is 222 g/mol. The van der Waals surface area contributed by atoms with Gasteiger partial charge < -0.3 is 5.32 Å². The third-order valence-electron chi connectivity index (χ3n) is 2.80. The third kappa shape index (κ3) is 2.35. The Hall–Kier alpha value is -1.09. The summed E-state index contributed by atoms with van der Waals surface area (Å²) >= 11 is 6.08. The van der Waals surface area contributed by atoms with Gasteiger partial charge in [0.05, 0.1) is 0 Å². The number of hydrogen-bond donors (Lipinski definition) is 1. The molecule has 1 aliphatic carbocycles. The Bertz CT molecular complexity index is 407. The van der Waals surface area contributed by atoms with Crippen LogP contribution in [0.5, 0.6) is 0 Å². The van der Waals surface area contributed by atoms with Crippen LogP contribution < -0.4 is 5.32 Å². The maximum atomic E-state index is 6.08. The number of aryl methyl sites for hydroxylation is 1. The van der Waals surface area contributed by atoms with E-state index in [9.17, 15) is 0 Å². The van der Waals surface area contributed by atoms with E-state index in [0.29, 0.717) is 11.2 Å². The number of halogens is 1. The van der Waals surface area contributed by atoms with E-state index in [0.717, 1.165) is 36.5 Å². The highest BCUT2D eigenvalue weighted by Crippen LogP contribution is 2.23. The molecule has 0 radical (unpaired) electrons. The van der Waals surface area contributed by atoms with E-state index in [2.05, 4.69) is 27.4 Å². The number of nitrogens with one attached hydrogen (secondary N) is 1. The Balaban J connectivity index is 2.21. The average molecular weight is 238 g/mol. The first-order chi connectivity index (χ1) is 7.70. The molecule has 0 saturated carbocycles. The minimum absolute atomic E-state index is 0.453. The summed E-state index contributed by atoms with van der Waals surface area (Å²) < 4.78 is 0. The van der Waals surface area contributed by atoms with Crippen LogP contribution in [0.3, 0.4) is 0 Å². The summed E-state index contributed by atoms with van der Waals surface area (Å²) in [6.45, 7) is 3.98. The number of aromatic nitrogens is 2. The molecular formula is C12H16ClN3. The second-order valence-electron chi connectivity index (χ2n) is 4.04. The van der Waals surface area contributed by atoms with Crippen molar-refractivity contribution in [1.29, 1.82) is 0 Å². The van der Waals surface area contributed by atoms with E-state index >= 15 is 0 Å². The number of anilines is 1. The highest BCUT2D eigenvalue weighted by atomic mass is 35.5. The average Bonchev–Trinajstić information content (AvgIpc) is 2.77. The fourth-order valence-corrected chi connectivity index (χ4v) is 1.95. The van der Waals surface area contributed by atoms with Crippen LogP contribution in [0, 0.1) is 6.92 Å². The van der Waals surface area contributed by atoms with E-state index in [1.165, 1.54) is 0 Å². The second-order valence-corrected chi connectivity index (χ2v) is 4.40. The summed E-state index contributed by atoms with van der Waals surface area (Å²) in [5.74, 6) is 1.68. The van der Waals surface area contributed by atoms with Gasteiger partial charge in [0.2, 0.25) is 0 Å². The van der Waals surface area contributed by atoms with E-state index in [4.69, 9.17) is 11.6 Å². The lowest BCUT2D eigenvalue weighted by atomic mass is 10.2. The van der Waals surface area contributed by atoms with Crippen molar-refractivity contribution >= 4 is 17.4 Å². The zero-order chi connectivity index (χ0) is 11.5. The zero-order valence-electron chi connectivity index (χ0n) is 9.63. The van der Waals surface area contributed by atoms with Crippen molar-refractivity contribution in [3.8, 4) is 0 Å². The molecule has 0 aliphatic heterocycles. The van der Waals surface area contributed by atoms with Gasteiger partial charge in [0.25, 0.3) is 0 Å². The number of nitrogens with zero attached hydrogens (tertiary/aromatic N) is 2. The summed E-state index contributed by atoms with van der Waals surface area (Å²) in [6, 6.07) is 0.453. The van der Waals surface area contributed by atoms with Crippen molar-refractivity contribution in [1.82, 2.24) is 9.97 Å². The normalized spacial score (nSPS) is 15.7. The minimum Gasteiger partial charge on any atom is -0.366 e. The predicted molar refractivity (Wildman–Crippen MR) is 66.9 cm³/mol. The SMILES string of the molecule is CCc1nc(Cl)c(C)c(NC2CC=CC2)n1. The molecule has 0 bridgehead atoms. The first kappa shape index (κ1) is 11.4. The molecule has 0 unspecified atom stereocenters. The van der Waals surface area contributed by atoms with Gasteiger partial charge in [-0.3, -0.25) is 0 Å². The van der Waals surface area contributed by atoms with Crippen molar-refractivity contribution in [3.63, 3.8) is 0 Å². The van der Waals surface area contributed by atoms with Crippen LogP contribution in [0.4, 0.5) is 5.82 Å². The van der Waals surface area contributed by atoms with Crippen LogP contribution in [-0.4, -0.2) is 16.0 Å². The van der Waals surface area contributed by atoms with Crippen LogP contribution in [0.25, 0.3) is 0 Å². The first-order valence-electron chi connectivity index (χ1n) is 5.65. The lowest BCUT2D eigenvalue weighted by Crippen LogP contribution is -2.18. The van der Waals surface area contributed by atoms with Crippen molar-refractivity contribution in [2.75, 3.05) is 5.32 Å². The molecule has 0 saturated heterocycles. The van der Waals surface area contributed by atoms with Gasteiger partial charge in [0.15, 0.2) is 0 Å². The first-order valence-corrected chi connectivity index (χ1v) is 6.03. The quantitative estimate of drug-likeness (QED) is 0.648. The lowest BCUT2D eigenvalue weighted by molar-refractivity contribution is 0.773. The molecule has 0 amide bonds. The molecule has 2 rings (SSSR count). The van der Waals surface area contributed by atoms with E-state index in [1.54, 1.807) is 0 Å². The molecule has 1 aliphatic rings. The molecule has 3 nitrogen and oxygen atoms in total. The standard InChI is InChI=1S/C12H16ClN3/c1-3-10-15-11(13)8(2)12(16-10)14-9-6-4-5-7-9/h4-5,9H,3,6-7H2,1-2H3,(H,14,15,16). The fraction of sp³-hybridized carbons (Fsp3) is 0.500. The molecule has 16 heavy (non-hydrogen) atoms. The van der Waals surface area contributed by atoms with Crippen molar-refractivity contribution < 1.29 is 0 Å². The summed E-state index contributed by atoms with van der Waals surface area (Å²) in [5, 5.41) is 3.98. The Morgan fingerprint density at radius 3 is 2.69 bits per heavy atom. The van der Waals surface area contributed by atoms with Crippen LogP contribution in [0.1, 0.15) is 31.2 Å². The summed E-state index contributed by atoms with van der Waals surface area (Å²) in [5.41, 5.74) is 0.936. The van der Waals surface area contributed by atoms with Gasteiger partial charge in [-0.1, -0.05) is 30.7 Å². The van der Waals surface area contributed by atoms with Crippen LogP contribution in [0.2, 0.25) is 5.15 Å². The van der Waals surface area contributed by atoms with Gasteiger partial charge in [0, 0.05) is 18.0 Å². The molecule has 1 N–H and O–H groups in total. The molecule has 1 aromatic rings. The second kappa shape index (κ2) is 4.83. The van der Waals surface area contributed by atoms with E-state index in [-0.39, 0.29) is 0 Å². The molecule has 86 valence electrons. The van der Waals surface area contributed by atoms with E-state index in [1.807, 2.05) is 13.8 Å². The summed E-state index contributed by atoms with van der Waals surface area (Å²) in [6.07, 6.45) is 7.30. The maximum absolute atomic E-state index is 6.08. The number of hydrogen-bond acceptors (Lipinski definition) is 3. The largest absolute Gasteiger partial charge is 0.366 e. The summed E-state index contributed by atoms with van der Waals surface area (Å²) in [7, 11) is 0. The van der Waals surface area contributed by atoms with Gasteiger partial charge in [-0.05, 0) is 19.8 Å². The monoisotopic (exact) mass is 237 g/mol. The Labute approximate surface area is 101 Å². The van der Waals surface area contributed by atoms with Crippen molar-refractivity contribution in [2.45, 2.75) is 39.2 Å². The Morgan fingerprint density at radius 2 is 2.06 bits per heavy atom. The minimum atomic E-state index is 0.453. The van der Waals surface area contributed by atoms with Gasteiger partial charge in [-0.2, -0.15) is 0 Å². The molecule has 0 aromatic carbocycles. The number of rotatable bonds is 3. The Morgan fingerprint density at radius 1 is 1.38 bits per heavy atom. The molecule has 4 heteroatoms. The fourth-order valence-electron chi connectivity index (χ4n) is 1.76. The van der Waals surface area contributed by atoms with Crippen molar-refractivity contribution in [2.24, 2.45) is 0 Å². The molecule has 0 fully saturated rings. The zero-order valence-corrected chi connectivity index (χ0v) is 10.4. The van der Waals surface area contributed by atoms with Crippen LogP contribution in [-0.2, 0) is 6.42 Å². The molecule has 0 atom stereocenters. The Kier molecular flexibility index (Phi) is 3.44. The van der Waals surface area contributed by atoms with Gasteiger partial charge in [-0.25, -0.2) is 9.97 Å². The molecule has 0 spiro atoms. The highest BCUT2D eigenvalue weighted by molar-refractivity contribution is 6.30. The predicted octanol–water partition coefficient (Wildman–Crippen LogP) is 3.13. The van der Waals surface area contributed by atoms with Gasteiger partial charge >= 0.3 is 0 Å². The van der Waals surface area contributed by atoms with Crippen molar-refractivity contribution in [3.05, 3.63) is 28.7 Å². The molecule has 1 aromatic heterocycles. The van der Waals surface area contributed by atoms with Crippen LogP contribution >= 0.6 is 11.6 Å². The maximum Gasteiger partial charge on any atom is 0.137 e. The van der Waals surface area contributed by atoms with E-state index < -0.39 is 0 Å². The van der Waals surface area contributed by atoms with Crippen LogP contribution in [0.15, 0.2) is 12.2 Å². The topological polar surface area (TPSA) is 37.8 Å². The third-order valence-corrected chi connectivity index (χ3v) is 3.17. The summed E-state index contributed by atoms with van der Waals surface area (Å²) in [4.78, 5) is 8.71. The smallest absolute Gasteiger partial charge is 0.137 e. The lowest BCUT2D eigenvalue weighted by Gasteiger charge is -2.15. The molecule has 1 heterocycles. The highest BCUT2D eigenvalue weighted by Gasteiger charge is 2.14.